The van der Waals surface area contributed by atoms with Crippen LogP contribution < -0.4 is 5.73 Å². The summed E-state index contributed by atoms with van der Waals surface area (Å²) in [5, 5.41) is 4.84. The first kappa shape index (κ1) is 10.9. The summed E-state index contributed by atoms with van der Waals surface area (Å²) in [6.45, 7) is 2.79. The van der Waals surface area contributed by atoms with Crippen LogP contribution in [0.25, 0.3) is 11.0 Å². The predicted octanol–water partition coefficient (Wildman–Crippen LogP) is 1.23. The van der Waals surface area contributed by atoms with E-state index in [1.165, 1.54) is 0 Å². The predicted molar refractivity (Wildman–Crippen MR) is 65.8 cm³/mol. The minimum atomic E-state index is 0.484. The van der Waals surface area contributed by atoms with Gasteiger partial charge < -0.3 is 14.8 Å². The van der Waals surface area contributed by atoms with E-state index in [2.05, 4.69) is 15.1 Å². The second-order valence-electron chi connectivity index (χ2n) is 4.10. The topological polar surface area (TPSA) is 82.8 Å². The zero-order chi connectivity index (χ0) is 12.5. The maximum Gasteiger partial charge on any atom is 0.246 e. The fraction of sp³-hybridized carbons (Fsp3) is 0.250. The lowest BCUT2D eigenvalue weighted by atomic mass is 10.2. The van der Waals surface area contributed by atoms with Gasteiger partial charge in [0.2, 0.25) is 5.89 Å². The van der Waals surface area contributed by atoms with Crippen LogP contribution in [0.2, 0.25) is 0 Å². The van der Waals surface area contributed by atoms with Crippen molar-refractivity contribution in [1.82, 2.24) is 19.7 Å². The molecular weight excluding hydrogens is 230 g/mol. The third-order valence-corrected chi connectivity index (χ3v) is 2.81. The van der Waals surface area contributed by atoms with Crippen molar-refractivity contribution in [3.63, 3.8) is 0 Å². The lowest BCUT2D eigenvalue weighted by Gasteiger charge is -1.99. The number of hydrogen-bond donors (Lipinski definition) is 1. The molecule has 0 unspecified atom stereocenters. The van der Waals surface area contributed by atoms with Crippen molar-refractivity contribution in [3.05, 3.63) is 41.8 Å². The van der Waals surface area contributed by atoms with Gasteiger partial charge in [0.25, 0.3) is 0 Å². The Hall–Kier alpha value is -2.21. The van der Waals surface area contributed by atoms with Crippen molar-refractivity contribution in [3.8, 4) is 0 Å². The Kier molecular flexibility index (Phi) is 2.56. The molecule has 3 rings (SSSR count). The molecule has 18 heavy (non-hydrogen) atoms. The molecule has 0 atom stereocenters. The first-order valence-corrected chi connectivity index (χ1v) is 5.70. The van der Waals surface area contributed by atoms with Crippen LogP contribution in [0.5, 0.6) is 0 Å². The van der Waals surface area contributed by atoms with Gasteiger partial charge in [-0.2, -0.15) is 4.98 Å². The normalized spacial score (nSPS) is 11.2. The van der Waals surface area contributed by atoms with Crippen molar-refractivity contribution in [2.24, 2.45) is 5.73 Å². The summed E-state index contributed by atoms with van der Waals surface area (Å²) in [5.41, 5.74) is 7.68. The standard InChI is InChI=1S/C12H13N5O/c1-8-15-11(18-16-8)7-17-6-9(5-13)10-3-2-4-14-12(10)17/h2-4,6H,5,7,13H2,1H3. The van der Waals surface area contributed by atoms with Crippen LogP contribution in [0.3, 0.4) is 0 Å². The summed E-state index contributed by atoms with van der Waals surface area (Å²) in [6.07, 6.45) is 3.75. The van der Waals surface area contributed by atoms with Crippen molar-refractivity contribution >= 4 is 11.0 Å². The zero-order valence-corrected chi connectivity index (χ0v) is 10.00. The van der Waals surface area contributed by atoms with Gasteiger partial charge in [-0.25, -0.2) is 4.98 Å². The minimum absolute atomic E-state index is 0.484. The summed E-state index contributed by atoms with van der Waals surface area (Å²) in [7, 11) is 0. The summed E-state index contributed by atoms with van der Waals surface area (Å²) in [4.78, 5) is 8.56. The molecular formula is C12H13N5O. The molecule has 0 aliphatic rings. The Bertz CT molecular complexity index is 685. The lowest BCUT2D eigenvalue weighted by molar-refractivity contribution is 0.369. The minimum Gasteiger partial charge on any atom is -0.337 e. The molecule has 0 aliphatic carbocycles. The van der Waals surface area contributed by atoms with Gasteiger partial charge in [-0.05, 0) is 24.6 Å². The monoisotopic (exact) mass is 243 g/mol. The van der Waals surface area contributed by atoms with E-state index in [1.807, 2.05) is 22.9 Å². The molecule has 0 saturated carbocycles. The Balaban J connectivity index is 2.06. The number of pyridine rings is 1. The fourth-order valence-corrected chi connectivity index (χ4v) is 2.03. The van der Waals surface area contributed by atoms with Gasteiger partial charge in [0.05, 0.1) is 0 Å². The van der Waals surface area contributed by atoms with E-state index in [9.17, 15) is 0 Å². The molecule has 0 aliphatic heterocycles. The van der Waals surface area contributed by atoms with Crippen molar-refractivity contribution in [2.75, 3.05) is 0 Å². The van der Waals surface area contributed by atoms with Crippen LogP contribution in [0.1, 0.15) is 17.3 Å². The Labute approximate surface area is 103 Å². The van der Waals surface area contributed by atoms with Crippen LogP contribution in [-0.4, -0.2) is 19.7 Å². The highest BCUT2D eigenvalue weighted by atomic mass is 16.5. The largest absolute Gasteiger partial charge is 0.337 e. The quantitative estimate of drug-likeness (QED) is 0.748. The van der Waals surface area contributed by atoms with E-state index < -0.39 is 0 Å². The van der Waals surface area contributed by atoms with E-state index in [0.717, 1.165) is 16.6 Å². The first-order chi connectivity index (χ1) is 8.78. The molecule has 0 amide bonds. The number of hydrogen-bond acceptors (Lipinski definition) is 5. The second-order valence-corrected chi connectivity index (χ2v) is 4.10. The van der Waals surface area contributed by atoms with Crippen LogP contribution in [-0.2, 0) is 13.1 Å². The summed E-state index contributed by atoms with van der Waals surface area (Å²) in [6, 6.07) is 3.92. The molecule has 3 aromatic rings. The van der Waals surface area contributed by atoms with Gasteiger partial charge in [0.15, 0.2) is 5.82 Å². The number of fused-ring (bicyclic) bond motifs is 1. The number of nitrogens with zero attached hydrogens (tertiary/aromatic N) is 4. The van der Waals surface area contributed by atoms with Crippen LogP contribution in [0.4, 0.5) is 0 Å². The van der Waals surface area contributed by atoms with E-state index in [4.69, 9.17) is 10.3 Å². The van der Waals surface area contributed by atoms with Crippen LogP contribution >= 0.6 is 0 Å². The fourth-order valence-electron chi connectivity index (χ4n) is 2.03. The summed E-state index contributed by atoms with van der Waals surface area (Å²) < 4.78 is 7.10. The molecule has 0 radical (unpaired) electrons. The van der Waals surface area contributed by atoms with Gasteiger partial charge in [0, 0.05) is 24.3 Å². The third kappa shape index (κ3) is 1.76. The lowest BCUT2D eigenvalue weighted by Crippen LogP contribution is -1.99. The average molecular weight is 243 g/mol. The van der Waals surface area contributed by atoms with E-state index in [-0.39, 0.29) is 0 Å². The highest BCUT2D eigenvalue weighted by Crippen LogP contribution is 2.19. The summed E-state index contributed by atoms with van der Waals surface area (Å²) in [5.74, 6) is 1.20. The first-order valence-electron chi connectivity index (χ1n) is 5.70. The Morgan fingerprint density at radius 2 is 2.33 bits per heavy atom. The highest BCUT2D eigenvalue weighted by molar-refractivity contribution is 5.80. The maximum atomic E-state index is 5.73. The van der Waals surface area contributed by atoms with Gasteiger partial charge in [0.1, 0.15) is 12.2 Å². The van der Waals surface area contributed by atoms with E-state index in [0.29, 0.717) is 24.8 Å². The summed E-state index contributed by atoms with van der Waals surface area (Å²) >= 11 is 0. The molecule has 3 heterocycles. The van der Waals surface area contributed by atoms with E-state index in [1.54, 1.807) is 13.1 Å². The number of aryl methyl sites for hydroxylation is 1. The molecule has 6 nitrogen and oxygen atoms in total. The highest BCUT2D eigenvalue weighted by Gasteiger charge is 2.11. The molecule has 0 spiro atoms. The molecule has 0 saturated heterocycles. The number of rotatable bonds is 3. The average Bonchev–Trinajstić information content (AvgIpc) is 2.95. The third-order valence-electron chi connectivity index (χ3n) is 2.81. The molecule has 3 aromatic heterocycles. The Morgan fingerprint density at radius 1 is 1.44 bits per heavy atom. The van der Waals surface area contributed by atoms with Gasteiger partial charge in [-0.15, -0.1) is 0 Å². The maximum absolute atomic E-state index is 5.73. The van der Waals surface area contributed by atoms with Crippen LogP contribution in [0.15, 0.2) is 29.0 Å². The Morgan fingerprint density at radius 3 is 3.06 bits per heavy atom. The number of nitrogens with two attached hydrogens (primary N) is 1. The van der Waals surface area contributed by atoms with Gasteiger partial charge in [-0.3, -0.25) is 0 Å². The zero-order valence-electron chi connectivity index (χ0n) is 10.00. The molecule has 0 fully saturated rings. The van der Waals surface area contributed by atoms with Gasteiger partial charge in [-0.1, -0.05) is 5.16 Å². The molecule has 2 N–H and O–H groups in total. The second kappa shape index (κ2) is 4.23. The number of aromatic nitrogens is 4. The molecule has 92 valence electrons. The van der Waals surface area contributed by atoms with E-state index >= 15 is 0 Å². The van der Waals surface area contributed by atoms with Gasteiger partial charge >= 0.3 is 0 Å². The van der Waals surface area contributed by atoms with Crippen molar-refractivity contribution < 1.29 is 4.52 Å². The van der Waals surface area contributed by atoms with Crippen LogP contribution in [0, 0.1) is 6.92 Å². The molecule has 6 heteroatoms. The van der Waals surface area contributed by atoms with Crippen molar-refractivity contribution in [2.45, 2.75) is 20.0 Å². The smallest absolute Gasteiger partial charge is 0.246 e. The molecule has 0 bridgehead atoms. The molecule has 0 aromatic carbocycles. The van der Waals surface area contributed by atoms with Crippen molar-refractivity contribution in [1.29, 1.82) is 0 Å². The SMILES string of the molecule is Cc1noc(Cn2cc(CN)c3cccnc32)n1.